The highest BCUT2D eigenvalue weighted by atomic mass is 16.5. The van der Waals surface area contributed by atoms with E-state index in [-0.39, 0.29) is 12.2 Å². The van der Waals surface area contributed by atoms with Crippen LogP contribution in [0.3, 0.4) is 0 Å². The molecule has 1 heterocycles. The molecule has 1 saturated heterocycles. The summed E-state index contributed by atoms with van der Waals surface area (Å²) in [5.41, 5.74) is 0.369. The molecule has 4 heteroatoms. The van der Waals surface area contributed by atoms with Crippen LogP contribution in [-0.2, 0) is 10.3 Å². The summed E-state index contributed by atoms with van der Waals surface area (Å²) in [4.78, 5) is 2.33. The van der Waals surface area contributed by atoms with Crippen LogP contribution < -0.4 is 5.32 Å². The van der Waals surface area contributed by atoms with Crippen LogP contribution in [0, 0.1) is 11.3 Å². The molecule has 1 aromatic carbocycles. The minimum absolute atomic E-state index is 0.211. The van der Waals surface area contributed by atoms with E-state index in [0.717, 1.165) is 25.2 Å². The van der Waals surface area contributed by atoms with Crippen LogP contribution in [0.25, 0.3) is 0 Å². The van der Waals surface area contributed by atoms with Gasteiger partial charge in [0.05, 0.1) is 18.3 Å². The lowest BCUT2D eigenvalue weighted by Gasteiger charge is -2.40. The Balaban J connectivity index is 2.23. The van der Waals surface area contributed by atoms with Crippen molar-refractivity contribution in [3.8, 4) is 6.07 Å². The first-order valence-electron chi connectivity index (χ1n) is 7.69. The zero-order valence-electron chi connectivity index (χ0n) is 13.2. The molecule has 21 heavy (non-hydrogen) atoms. The molecule has 1 aliphatic heterocycles. The van der Waals surface area contributed by atoms with Crippen LogP contribution >= 0.6 is 0 Å². The van der Waals surface area contributed by atoms with Crippen LogP contribution in [0.15, 0.2) is 30.3 Å². The first-order valence-corrected chi connectivity index (χ1v) is 7.69. The maximum atomic E-state index is 9.85. The summed E-state index contributed by atoms with van der Waals surface area (Å²) in [6.45, 7) is 9.40. The molecule has 0 aromatic heterocycles. The smallest absolute Gasteiger partial charge is 0.145 e. The lowest BCUT2D eigenvalue weighted by Crippen LogP contribution is -2.55. The summed E-state index contributed by atoms with van der Waals surface area (Å²) in [6.07, 6.45) is 0.421. The van der Waals surface area contributed by atoms with Gasteiger partial charge in [0.2, 0.25) is 0 Å². The third-order valence-electron chi connectivity index (χ3n) is 3.89. The fourth-order valence-electron chi connectivity index (χ4n) is 3.16. The van der Waals surface area contributed by atoms with Gasteiger partial charge in [-0.05, 0) is 26.0 Å². The molecule has 4 nitrogen and oxygen atoms in total. The Kier molecular flexibility index (Phi) is 5.35. The second-order valence-corrected chi connectivity index (χ2v) is 5.86. The van der Waals surface area contributed by atoms with Crippen molar-refractivity contribution in [2.24, 2.45) is 0 Å². The molecule has 1 fully saturated rings. The van der Waals surface area contributed by atoms with Gasteiger partial charge in [0.25, 0.3) is 0 Å². The Morgan fingerprint density at radius 2 is 1.90 bits per heavy atom. The number of likely N-dealkylation sites (N-methyl/N-ethyl adjacent to an activating group) is 1. The third-order valence-corrected chi connectivity index (χ3v) is 3.89. The molecule has 114 valence electrons. The lowest BCUT2D eigenvalue weighted by atomic mass is 9.90. The van der Waals surface area contributed by atoms with Crippen molar-refractivity contribution in [2.75, 3.05) is 26.2 Å². The van der Waals surface area contributed by atoms with Crippen LogP contribution in [-0.4, -0.2) is 43.3 Å². The monoisotopic (exact) mass is 287 g/mol. The van der Waals surface area contributed by atoms with E-state index in [1.54, 1.807) is 0 Å². The average molecular weight is 287 g/mol. The van der Waals surface area contributed by atoms with Crippen molar-refractivity contribution in [1.82, 2.24) is 10.2 Å². The summed E-state index contributed by atoms with van der Waals surface area (Å²) in [7, 11) is 0. The maximum absolute atomic E-state index is 9.85. The van der Waals surface area contributed by atoms with Gasteiger partial charge in [-0.25, -0.2) is 0 Å². The molecule has 0 radical (unpaired) electrons. The van der Waals surface area contributed by atoms with E-state index in [1.165, 1.54) is 0 Å². The molecule has 1 N–H and O–H groups in total. The van der Waals surface area contributed by atoms with Gasteiger partial charge in [-0.1, -0.05) is 37.3 Å². The van der Waals surface area contributed by atoms with Gasteiger partial charge in [-0.2, -0.15) is 5.26 Å². The Morgan fingerprint density at radius 1 is 1.29 bits per heavy atom. The minimum Gasteiger partial charge on any atom is -0.373 e. The number of nitrogens with zero attached hydrogens (tertiary/aromatic N) is 2. The number of ether oxygens (including phenoxy) is 1. The third kappa shape index (κ3) is 3.82. The summed E-state index contributed by atoms with van der Waals surface area (Å²) in [5.74, 6) is 0. The molecular formula is C17H25N3O. The fraction of sp³-hybridized carbons (Fsp3) is 0.588. The first kappa shape index (κ1) is 16.0. The maximum Gasteiger partial charge on any atom is 0.145 e. The predicted molar refractivity (Wildman–Crippen MR) is 83.9 cm³/mol. The van der Waals surface area contributed by atoms with E-state index in [0.29, 0.717) is 6.54 Å². The van der Waals surface area contributed by atoms with Crippen molar-refractivity contribution in [3.05, 3.63) is 35.9 Å². The van der Waals surface area contributed by atoms with Gasteiger partial charge in [-0.15, -0.1) is 0 Å². The molecule has 1 aromatic rings. The van der Waals surface area contributed by atoms with Crippen LogP contribution in [0.5, 0.6) is 0 Å². The molecule has 3 unspecified atom stereocenters. The van der Waals surface area contributed by atoms with Gasteiger partial charge in [0, 0.05) is 19.6 Å². The summed E-state index contributed by atoms with van der Waals surface area (Å²) in [6, 6.07) is 12.5. The normalized spacial score (nSPS) is 26.0. The molecule has 0 amide bonds. The number of hydrogen-bond donors (Lipinski definition) is 1. The summed E-state index contributed by atoms with van der Waals surface area (Å²) in [5, 5.41) is 13.2. The van der Waals surface area contributed by atoms with Gasteiger partial charge in [-0.3, -0.25) is 10.2 Å². The van der Waals surface area contributed by atoms with Crippen molar-refractivity contribution in [3.63, 3.8) is 0 Å². The van der Waals surface area contributed by atoms with Crippen LogP contribution in [0.2, 0.25) is 0 Å². The highest BCUT2D eigenvalue weighted by Gasteiger charge is 2.35. The standard InChI is InChI=1S/C17H25N3O/c1-4-19-17(12-18,16-8-6-5-7-9-16)13-20-10-14(2)21-15(3)11-20/h5-9,14-15,19H,4,10-11,13H2,1-3H3. The second kappa shape index (κ2) is 7.04. The second-order valence-electron chi connectivity index (χ2n) is 5.86. The van der Waals surface area contributed by atoms with Crippen molar-refractivity contribution >= 4 is 0 Å². The number of rotatable bonds is 5. The number of morpholine rings is 1. The zero-order chi connectivity index (χ0) is 15.3. The average Bonchev–Trinajstić information content (AvgIpc) is 2.46. The van der Waals surface area contributed by atoms with Crippen LogP contribution in [0.4, 0.5) is 0 Å². The quantitative estimate of drug-likeness (QED) is 0.901. The number of nitriles is 1. The summed E-state index contributed by atoms with van der Waals surface area (Å²) >= 11 is 0. The number of hydrogen-bond acceptors (Lipinski definition) is 4. The highest BCUT2D eigenvalue weighted by molar-refractivity contribution is 5.32. The SMILES string of the molecule is CCNC(C#N)(CN1CC(C)OC(C)C1)c1ccccc1. The van der Waals surface area contributed by atoms with Gasteiger partial charge in [0.15, 0.2) is 0 Å². The predicted octanol–water partition coefficient (Wildman–Crippen LogP) is 2.12. The van der Waals surface area contributed by atoms with Gasteiger partial charge in [0.1, 0.15) is 5.54 Å². The van der Waals surface area contributed by atoms with Gasteiger partial charge >= 0.3 is 0 Å². The molecule has 2 rings (SSSR count). The number of benzene rings is 1. The Labute approximate surface area is 127 Å². The lowest BCUT2D eigenvalue weighted by molar-refractivity contribution is -0.0723. The number of nitrogens with one attached hydrogen (secondary N) is 1. The fourth-order valence-corrected chi connectivity index (χ4v) is 3.16. The molecule has 1 aliphatic rings. The molecule has 0 bridgehead atoms. The highest BCUT2D eigenvalue weighted by Crippen LogP contribution is 2.24. The van der Waals surface area contributed by atoms with Crippen molar-refractivity contribution in [2.45, 2.75) is 38.5 Å². The van der Waals surface area contributed by atoms with E-state index < -0.39 is 5.54 Å². The van der Waals surface area contributed by atoms with E-state index in [2.05, 4.69) is 30.1 Å². The zero-order valence-corrected chi connectivity index (χ0v) is 13.2. The first-order chi connectivity index (χ1) is 10.1. The molecular weight excluding hydrogens is 262 g/mol. The Hall–Kier alpha value is -1.41. The van der Waals surface area contributed by atoms with E-state index in [1.807, 2.05) is 37.3 Å². The molecule has 0 saturated carbocycles. The van der Waals surface area contributed by atoms with E-state index in [4.69, 9.17) is 4.74 Å². The van der Waals surface area contributed by atoms with Crippen molar-refractivity contribution in [1.29, 1.82) is 5.26 Å². The van der Waals surface area contributed by atoms with Crippen LogP contribution in [0.1, 0.15) is 26.3 Å². The molecule has 3 atom stereocenters. The van der Waals surface area contributed by atoms with E-state index in [9.17, 15) is 5.26 Å². The topological polar surface area (TPSA) is 48.3 Å². The molecule has 0 aliphatic carbocycles. The molecule has 0 spiro atoms. The van der Waals surface area contributed by atoms with Crippen molar-refractivity contribution < 1.29 is 4.74 Å². The largest absolute Gasteiger partial charge is 0.373 e. The summed E-state index contributed by atoms with van der Waals surface area (Å²) < 4.78 is 5.79. The Bertz CT molecular complexity index is 475. The minimum atomic E-state index is -0.660. The Morgan fingerprint density at radius 3 is 2.43 bits per heavy atom. The van der Waals surface area contributed by atoms with E-state index >= 15 is 0 Å². The van der Waals surface area contributed by atoms with Gasteiger partial charge < -0.3 is 4.74 Å².